The molecule has 0 fully saturated rings. The number of aromatic nitrogens is 2. The van der Waals surface area contributed by atoms with Crippen LogP contribution in [0.2, 0.25) is 0 Å². The van der Waals surface area contributed by atoms with Gasteiger partial charge in [0.1, 0.15) is 11.5 Å². The monoisotopic (exact) mass is 438 g/mol. The van der Waals surface area contributed by atoms with Crippen LogP contribution in [0.1, 0.15) is 17.3 Å². The van der Waals surface area contributed by atoms with Gasteiger partial charge in [0.2, 0.25) is 0 Å². The highest BCUT2D eigenvalue weighted by molar-refractivity contribution is 7.80. The summed E-state index contributed by atoms with van der Waals surface area (Å²) < 4.78 is 38.0. The molecule has 4 rings (SSSR count). The lowest BCUT2D eigenvalue weighted by molar-refractivity contribution is 0.100. The Kier molecular flexibility index (Phi) is 5.53. The zero-order valence-corrected chi connectivity index (χ0v) is 17.3. The molecule has 9 heteroatoms. The van der Waals surface area contributed by atoms with Gasteiger partial charge in [-0.05, 0) is 42.8 Å². The number of hydrogen-bond acceptors (Lipinski definition) is 3. The highest BCUT2D eigenvalue weighted by Gasteiger charge is 2.23. The maximum absolute atomic E-state index is 13.4. The van der Waals surface area contributed by atoms with Gasteiger partial charge < -0.3 is 5.73 Å². The summed E-state index contributed by atoms with van der Waals surface area (Å²) in [5, 5.41) is 4.49. The van der Waals surface area contributed by atoms with Crippen LogP contribution >= 0.6 is 0 Å². The highest BCUT2D eigenvalue weighted by atomic mass is 32.2. The van der Waals surface area contributed by atoms with Crippen molar-refractivity contribution in [3.05, 3.63) is 78.2 Å². The third kappa shape index (κ3) is 3.80. The van der Waals surface area contributed by atoms with Crippen LogP contribution in [0, 0.1) is 5.82 Å². The molecular formula is C22H19FN4O3S. The molecule has 1 unspecified atom stereocenters. The molecule has 158 valence electrons. The van der Waals surface area contributed by atoms with Gasteiger partial charge in [-0.3, -0.25) is 13.7 Å². The second-order valence-corrected chi connectivity index (χ2v) is 7.69. The first-order chi connectivity index (χ1) is 14.9. The van der Waals surface area contributed by atoms with Crippen molar-refractivity contribution in [1.82, 2.24) is 9.61 Å². The Bertz CT molecular complexity index is 1290. The van der Waals surface area contributed by atoms with E-state index in [4.69, 9.17) is 5.73 Å². The topological polar surface area (TPSA) is 101 Å². The quantitative estimate of drug-likeness (QED) is 0.446. The van der Waals surface area contributed by atoms with Crippen molar-refractivity contribution < 1.29 is 17.9 Å². The average Bonchev–Trinajstić information content (AvgIpc) is 3.13. The lowest BCUT2D eigenvalue weighted by atomic mass is 10.0. The Labute approximate surface area is 180 Å². The minimum Gasteiger partial charge on any atom is -0.365 e. The van der Waals surface area contributed by atoms with Crippen molar-refractivity contribution in [3.63, 3.8) is 0 Å². The van der Waals surface area contributed by atoms with Crippen LogP contribution < -0.4 is 10.0 Å². The Balaban J connectivity index is 2.05. The number of hydrogen-bond donors (Lipinski definition) is 2. The fourth-order valence-corrected chi connectivity index (χ4v) is 4.08. The van der Waals surface area contributed by atoms with Gasteiger partial charge in [0.05, 0.1) is 23.0 Å². The van der Waals surface area contributed by atoms with E-state index in [-0.39, 0.29) is 12.1 Å². The molecule has 7 nitrogen and oxygen atoms in total. The number of amides is 1. The molecule has 0 aliphatic rings. The predicted molar refractivity (Wildman–Crippen MR) is 118 cm³/mol. The molecule has 0 aliphatic heterocycles. The van der Waals surface area contributed by atoms with Gasteiger partial charge in [0.25, 0.3) is 17.2 Å². The largest absolute Gasteiger partial charge is 0.365 e. The number of halogens is 1. The van der Waals surface area contributed by atoms with Crippen LogP contribution in [0.3, 0.4) is 0 Å². The number of carbonyl (C=O) groups excluding carboxylic acids is 1. The second kappa shape index (κ2) is 8.29. The fraction of sp³-hybridized carbons (Fsp3) is 0.0909. The maximum atomic E-state index is 13.4. The summed E-state index contributed by atoms with van der Waals surface area (Å²) in [6.45, 7) is 2.03. The SMILES string of the molecule is CCN(c1cn2nc(-c3ccc(F)cc3)c(C(N)=O)c2cc1-c1ccccc1)S(=O)O. The van der Waals surface area contributed by atoms with Crippen LogP contribution in [0.5, 0.6) is 0 Å². The standard InChI is InChI=1S/C22H19FN4O3S/c1-2-27(31(29)30)19-13-26-18(12-17(19)14-6-4-3-5-7-14)20(22(24)28)21(25-26)15-8-10-16(23)11-9-15/h3-13H,2H2,1H3,(H2,24,28)(H,29,30). The van der Waals surface area contributed by atoms with Crippen molar-refractivity contribution in [2.45, 2.75) is 6.92 Å². The van der Waals surface area contributed by atoms with Gasteiger partial charge in [-0.15, -0.1) is 0 Å². The molecule has 3 N–H and O–H groups in total. The molecule has 2 heterocycles. The van der Waals surface area contributed by atoms with Gasteiger partial charge >= 0.3 is 0 Å². The normalized spacial score (nSPS) is 12.1. The van der Waals surface area contributed by atoms with Gasteiger partial charge in [0, 0.05) is 17.7 Å². The van der Waals surface area contributed by atoms with E-state index in [2.05, 4.69) is 5.10 Å². The molecule has 0 saturated carbocycles. The fourth-order valence-electron chi connectivity index (χ4n) is 3.55. The van der Waals surface area contributed by atoms with E-state index >= 15 is 0 Å². The number of benzene rings is 2. The zero-order chi connectivity index (χ0) is 22.1. The molecule has 1 amide bonds. The molecule has 0 aliphatic carbocycles. The van der Waals surface area contributed by atoms with Crippen molar-refractivity contribution in [2.24, 2.45) is 5.73 Å². The van der Waals surface area contributed by atoms with Gasteiger partial charge in [-0.2, -0.15) is 5.10 Å². The average molecular weight is 438 g/mol. The van der Waals surface area contributed by atoms with Crippen LogP contribution in [-0.2, 0) is 11.3 Å². The summed E-state index contributed by atoms with van der Waals surface area (Å²) in [6, 6.07) is 16.6. The number of primary amides is 1. The van der Waals surface area contributed by atoms with E-state index in [0.717, 1.165) is 5.56 Å². The van der Waals surface area contributed by atoms with Crippen LogP contribution in [-0.4, -0.2) is 30.8 Å². The van der Waals surface area contributed by atoms with E-state index in [1.54, 1.807) is 19.2 Å². The molecule has 0 spiro atoms. The van der Waals surface area contributed by atoms with Crippen LogP contribution in [0.25, 0.3) is 27.9 Å². The molecule has 0 bridgehead atoms. The number of pyridine rings is 1. The first-order valence-electron chi connectivity index (χ1n) is 9.46. The van der Waals surface area contributed by atoms with Gasteiger partial charge in [-0.1, -0.05) is 30.3 Å². The first kappa shape index (κ1) is 20.7. The summed E-state index contributed by atoms with van der Waals surface area (Å²) in [5.41, 5.74) is 9.04. The predicted octanol–water partition coefficient (Wildman–Crippen LogP) is 3.87. The number of rotatable bonds is 6. The van der Waals surface area contributed by atoms with Gasteiger partial charge in [-0.25, -0.2) is 13.1 Å². The Morgan fingerprint density at radius 2 is 1.84 bits per heavy atom. The number of nitrogens with two attached hydrogens (primary N) is 1. The maximum Gasteiger partial charge on any atom is 0.261 e. The number of carbonyl (C=O) groups is 1. The molecule has 31 heavy (non-hydrogen) atoms. The number of nitrogens with zero attached hydrogens (tertiary/aromatic N) is 3. The minimum atomic E-state index is -2.27. The van der Waals surface area contributed by atoms with E-state index in [1.807, 2.05) is 30.3 Å². The molecule has 0 saturated heterocycles. The molecular weight excluding hydrogens is 419 g/mol. The summed E-state index contributed by atoms with van der Waals surface area (Å²) >= 11 is -2.27. The highest BCUT2D eigenvalue weighted by Crippen LogP contribution is 2.36. The summed E-state index contributed by atoms with van der Waals surface area (Å²) in [4.78, 5) is 12.4. The minimum absolute atomic E-state index is 0.184. The molecule has 2 aromatic heterocycles. The third-order valence-corrected chi connectivity index (χ3v) is 5.77. The molecule has 0 radical (unpaired) electrons. The zero-order valence-electron chi connectivity index (χ0n) is 16.5. The van der Waals surface area contributed by atoms with Gasteiger partial charge in [0.15, 0.2) is 0 Å². The lowest BCUT2D eigenvalue weighted by Gasteiger charge is -2.21. The molecule has 1 atom stereocenters. The Morgan fingerprint density at radius 1 is 1.16 bits per heavy atom. The van der Waals surface area contributed by atoms with Crippen LogP contribution in [0.15, 0.2) is 66.9 Å². The first-order valence-corrected chi connectivity index (χ1v) is 10.5. The number of anilines is 1. The Hall–Kier alpha value is -3.56. The summed E-state index contributed by atoms with van der Waals surface area (Å²) in [5.74, 6) is -1.09. The second-order valence-electron chi connectivity index (χ2n) is 6.79. The summed E-state index contributed by atoms with van der Waals surface area (Å²) in [7, 11) is 0. The smallest absolute Gasteiger partial charge is 0.261 e. The third-order valence-electron chi connectivity index (χ3n) is 4.94. The van der Waals surface area contributed by atoms with Crippen molar-refractivity contribution in [2.75, 3.05) is 10.8 Å². The van der Waals surface area contributed by atoms with E-state index in [1.165, 1.54) is 33.1 Å². The lowest BCUT2D eigenvalue weighted by Crippen LogP contribution is -2.25. The van der Waals surface area contributed by atoms with Crippen molar-refractivity contribution in [1.29, 1.82) is 0 Å². The van der Waals surface area contributed by atoms with E-state index in [0.29, 0.717) is 28.0 Å². The summed E-state index contributed by atoms with van der Waals surface area (Å²) in [6.07, 6.45) is 1.59. The molecule has 2 aromatic carbocycles. The Morgan fingerprint density at radius 3 is 2.42 bits per heavy atom. The van der Waals surface area contributed by atoms with E-state index < -0.39 is 23.0 Å². The molecule has 4 aromatic rings. The van der Waals surface area contributed by atoms with Crippen molar-refractivity contribution in [3.8, 4) is 22.4 Å². The van der Waals surface area contributed by atoms with Crippen LogP contribution in [0.4, 0.5) is 10.1 Å². The van der Waals surface area contributed by atoms with Crippen molar-refractivity contribution >= 4 is 28.4 Å². The van der Waals surface area contributed by atoms with E-state index in [9.17, 15) is 17.9 Å². The number of fused-ring (bicyclic) bond motifs is 1.